The molecule has 0 radical (unpaired) electrons. The van der Waals surface area contributed by atoms with Crippen molar-refractivity contribution in [2.45, 2.75) is 31.5 Å². The van der Waals surface area contributed by atoms with Crippen molar-refractivity contribution in [2.75, 3.05) is 19.7 Å². The summed E-state index contributed by atoms with van der Waals surface area (Å²) in [6.07, 6.45) is -3.73. The monoisotopic (exact) mass is 254 g/mol. The van der Waals surface area contributed by atoms with Crippen LogP contribution in [-0.2, 0) is 4.79 Å². The normalized spacial score (nSPS) is 22.4. The molecule has 17 heavy (non-hydrogen) atoms. The molecule has 1 rings (SSSR count). The van der Waals surface area contributed by atoms with E-state index in [2.05, 4.69) is 0 Å². The van der Waals surface area contributed by atoms with Crippen molar-refractivity contribution in [1.29, 1.82) is 0 Å². The molecule has 100 valence electrons. The Labute approximate surface area is 97.6 Å². The number of alkyl halides is 3. The van der Waals surface area contributed by atoms with Crippen molar-refractivity contribution in [3.05, 3.63) is 0 Å². The molecule has 1 heterocycles. The second-order valence-electron chi connectivity index (χ2n) is 4.62. The predicted molar refractivity (Wildman–Crippen MR) is 55.0 cm³/mol. The minimum absolute atomic E-state index is 0.00118. The molecular weight excluding hydrogens is 237 g/mol. The van der Waals surface area contributed by atoms with Crippen LogP contribution >= 0.6 is 0 Å². The van der Waals surface area contributed by atoms with Gasteiger partial charge in [0.05, 0.1) is 0 Å². The molecule has 1 saturated heterocycles. The number of nitrogens with two attached hydrogens (primary N) is 1. The lowest BCUT2D eigenvalue weighted by Crippen LogP contribution is -2.63. The number of aliphatic hydroxyl groups excluding tert-OH is 1. The van der Waals surface area contributed by atoms with E-state index in [1.807, 2.05) is 0 Å². The van der Waals surface area contributed by atoms with Crippen LogP contribution in [0.15, 0.2) is 0 Å². The highest BCUT2D eigenvalue weighted by Gasteiger charge is 2.55. The van der Waals surface area contributed by atoms with Crippen molar-refractivity contribution in [2.24, 2.45) is 11.7 Å². The van der Waals surface area contributed by atoms with Crippen LogP contribution < -0.4 is 5.73 Å². The molecule has 1 fully saturated rings. The summed E-state index contributed by atoms with van der Waals surface area (Å²) in [6.45, 7) is 1.12. The van der Waals surface area contributed by atoms with E-state index in [0.717, 1.165) is 4.90 Å². The molecule has 0 aromatic rings. The Morgan fingerprint density at radius 1 is 1.41 bits per heavy atom. The molecule has 3 N–H and O–H groups in total. The zero-order chi connectivity index (χ0) is 13.3. The van der Waals surface area contributed by atoms with Crippen LogP contribution in [0.2, 0.25) is 0 Å². The second-order valence-corrected chi connectivity index (χ2v) is 4.62. The molecule has 7 heteroatoms. The molecule has 1 atom stereocenters. The van der Waals surface area contributed by atoms with E-state index in [1.165, 1.54) is 0 Å². The van der Waals surface area contributed by atoms with Gasteiger partial charge in [0.1, 0.15) is 0 Å². The number of hydrogen-bond acceptors (Lipinski definition) is 3. The third kappa shape index (κ3) is 2.90. The maximum Gasteiger partial charge on any atom is 0.415 e. The molecule has 1 amide bonds. The number of piperidine rings is 1. The summed E-state index contributed by atoms with van der Waals surface area (Å²) in [4.78, 5) is 12.8. The highest BCUT2D eigenvalue weighted by atomic mass is 19.4. The van der Waals surface area contributed by atoms with Gasteiger partial charge in [-0.05, 0) is 25.7 Å². The first-order valence-corrected chi connectivity index (χ1v) is 5.46. The fraction of sp³-hybridized carbons (Fsp3) is 0.900. The standard InChI is InChI=1S/C10H17F3N2O2/c1-9(14,10(11,12)13)8(17)15-4-2-7(6-16)3-5-15/h7,16H,2-6,14H2,1H3. The number of amides is 1. The summed E-state index contributed by atoms with van der Waals surface area (Å²) in [5, 5.41) is 8.90. The average Bonchev–Trinajstić information content (AvgIpc) is 2.26. The molecule has 1 aliphatic rings. The van der Waals surface area contributed by atoms with Crippen LogP contribution in [0, 0.1) is 5.92 Å². The first-order valence-electron chi connectivity index (χ1n) is 5.46. The summed E-state index contributed by atoms with van der Waals surface area (Å²) in [5.41, 5.74) is 2.24. The quantitative estimate of drug-likeness (QED) is 0.754. The van der Waals surface area contributed by atoms with Gasteiger partial charge in [-0.25, -0.2) is 0 Å². The second kappa shape index (κ2) is 4.81. The predicted octanol–water partition coefficient (Wildman–Crippen LogP) is 0.497. The molecule has 0 bridgehead atoms. The number of aliphatic hydroxyl groups is 1. The minimum Gasteiger partial charge on any atom is -0.396 e. The zero-order valence-electron chi connectivity index (χ0n) is 9.63. The first kappa shape index (κ1) is 14.2. The van der Waals surface area contributed by atoms with Gasteiger partial charge in [-0.15, -0.1) is 0 Å². The van der Waals surface area contributed by atoms with Gasteiger partial charge in [-0.2, -0.15) is 13.2 Å². The van der Waals surface area contributed by atoms with Crippen LogP contribution in [-0.4, -0.2) is 47.3 Å². The van der Waals surface area contributed by atoms with Gasteiger partial charge in [0.2, 0.25) is 0 Å². The van der Waals surface area contributed by atoms with Crippen LogP contribution in [0.25, 0.3) is 0 Å². The Balaban J connectivity index is 2.66. The molecule has 0 spiro atoms. The van der Waals surface area contributed by atoms with E-state index in [0.29, 0.717) is 19.8 Å². The molecule has 1 unspecified atom stereocenters. The Bertz CT molecular complexity index is 284. The molecule has 0 aliphatic carbocycles. The largest absolute Gasteiger partial charge is 0.415 e. The summed E-state index contributed by atoms with van der Waals surface area (Å²) in [7, 11) is 0. The van der Waals surface area contributed by atoms with Gasteiger partial charge >= 0.3 is 6.18 Å². The Hall–Kier alpha value is -0.820. The van der Waals surface area contributed by atoms with Gasteiger partial charge < -0.3 is 15.7 Å². The maximum atomic E-state index is 12.6. The molecular formula is C10H17F3N2O2. The Morgan fingerprint density at radius 3 is 2.24 bits per heavy atom. The van der Waals surface area contributed by atoms with E-state index in [4.69, 9.17) is 10.8 Å². The fourth-order valence-corrected chi connectivity index (χ4v) is 1.77. The number of nitrogens with zero attached hydrogens (tertiary/aromatic N) is 1. The smallest absolute Gasteiger partial charge is 0.396 e. The topological polar surface area (TPSA) is 66.6 Å². The zero-order valence-corrected chi connectivity index (χ0v) is 9.63. The van der Waals surface area contributed by atoms with E-state index in [9.17, 15) is 18.0 Å². The first-order chi connectivity index (χ1) is 7.70. The number of halogens is 3. The Kier molecular flexibility index (Phi) is 4.03. The molecule has 0 aromatic carbocycles. The van der Waals surface area contributed by atoms with Crippen molar-refractivity contribution in [1.82, 2.24) is 4.90 Å². The summed E-state index contributed by atoms with van der Waals surface area (Å²) < 4.78 is 37.7. The van der Waals surface area contributed by atoms with Gasteiger partial charge in [0, 0.05) is 19.7 Å². The highest BCUT2D eigenvalue weighted by Crippen LogP contribution is 2.30. The van der Waals surface area contributed by atoms with Crippen molar-refractivity contribution < 1.29 is 23.1 Å². The average molecular weight is 254 g/mol. The molecule has 4 nitrogen and oxygen atoms in total. The van der Waals surface area contributed by atoms with Crippen molar-refractivity contribution >= 4 is 5.91 Å². The van der Waals surface area contributed by atoms with Crippen molar-refractivity contribution in [3.8, 4) is 0 Å². The van der Waals surface area contributed by atoms with E-state index in [1.54, 1.807) is 0 Å². The van der Waals surface area contributed by atoms with Crippen molar-refractivity contribution in [3.63, 3.8) is 0 Å². The molecule has 1 aliphatic heterocycles. The van der Waals surface area contributed by atoms with Gasteiger partial charge in [-0.3, -0.25) is 4.79 Å². The van der Waals surface area contributed by atoms with Gasteiger partial charge in [0.25, 0.3) is 5.91 Å². The van der Waals surface area contributed by atoms with E-state index < -0.39 is 17.6 Å². The molecule has 0 saturated carbocycles. The lowest BCUT2D eigenvalue weighted by atomic mass is 9.94. The summed E-state index contributed by atoms with van der Waals surface area (Å²) in [5.74, 6) is -1.03. The Morgan fingerprint density at radius 2 is 1.88 bits per heavy atom. The minimum atomic E-state index is -4.75. The lowest BCUT2D eigenvalue weighted by molar-refractivity contribution is -0.194. The number of carbonyl (C=O) groups excluding carboxylic acids is 1. The number of carbonyl (C=O) groups is 1. The van der Waals surface area contributed by atoms with Crippen LogP contribution in [0.1, 0.15) is 19.8 Å². The number of likely N-dealkylation sites (tertiary alicyclic amines) is 1. The number of rotatable bonds is 2. The molecule has 0 aromatic heterocycles. The van der Waals surface area contributed by atoms with Crippen LogP contribution in [0.3, 0.4) is 0 Å². The third-order valence-electron chi connectivity index (χ3n) is 3.19. The fourth-order valence-electron chi connectivity index (χ4n) is 1.77. The van der Waals surface area contributed by atoms with Gasteiger partial charge in [-0.1, -0.05) is 0 Å². The SMILES string of the molecule is CC(N)(C(=O)N1CCC(CO)CC1)C(F)(F)F. The van der Waals surface area contributed by atoms with Crippen LogP contribution in [0.4, 0.5) is 13.2 Å². The maximum absolute atomic E-state index is 12.6. The van der Waals surface area contributed by atoms with Gasteiger partial charge in [0.15, 0.2) is 5.54 Å². The van der Waals surface area contributed by atoms with Crippen LogP contribution in [0.5, 0.6) is 0 Å². The summed E-state index contributed by atoms with van der Waals surface area (Å²) >= 11 is 0. The highest BCUT2D eigenvalue weighted by molar-refractivity contribution is 5.86. The van der Waals surface area contributed by atoms with E-state index in [-0.39, 0.29) is 25.6 Å². The summed E-state index contributed by atoms with van der Waals surface area (Å²) in [6, 6.07) is 0. The number of hydrogen-bond donors (Lipinski definition) is 2. The third-order valence-corrected chi connectivity index (χ3v) is 3.19. The van der Waals surface area contributed by atoms with E-state index >= 15 is 0 Å². The lowest BCUT2D eigenvalue weighted by Gasteiger charge is -2.37.